The Morgan fingerprint density at radius 3 is 2.75 bits per heavy atom. The molecule has 1 fully saturated rings. The van der Waals surface area contributed by atoms with Crippen molar-refractivity contribution < 1.29 is 4.74 Å². The molecule has 2 aromatic rings. The Morgan fingerprint density at radius 2 is 2.00 bits per heavy atom. The predicted octanol–water partition coefficient (Wildman–Crippen LogP) is 2.75. The van der Waals surface area contributed by atoms with Crippen molar-refractivity contribution in [1.29, 1.82) is 0 Å². The van der Waals surface area contributed by atoms with E-state index >= 15 is 0 Å². The van der Waals surface area contributed by atoms with Crippen LogP contribution in [-0.2, 0) is 4.74 Å². The standard InChI is InChI=1S/C16H19N3O/c1-12-8-16(18-11-17-12)19-9-13(2)20-10-15(19)14-6-4-3-5-7-14/h3-8,11,13,15H,9-10H2,1-2H3. The Kier molecular flexibility index (Phi) is 3.65. The maximum absolute atomic E-state index is 5.84. The fourth-order valence-electron chi connectivity index (χ4n) is 2.60. The third-order valence-electron chi connectivity index (χ3n) is 3.64. The summed E-state index contributed by atoms with van der Waals surface area (Å²) in [6.07, 6.45) is 1.84. The maximum Gasteiger partial charge on any atom is 0.132 e. The number of nitrogens with zero attached hydrogens (tertiary/aromatic N) is 3. The third kappa shape index (κ3) is 2.65. The number of anilines is 1. The highest BCUT2D eigenvalue weighted by atomic mass is 16.5. The van der Waals surface area contributed by atoms with Crippen LogP contribution in [0.25, 0.3) is 0 Å². The van der Waals surface area contributed by atoms with Gasteiger partial charge in [0.15, 0.2) is 0 Å². The van der Waals surface area contributed by atoms with Crippen molar-refractivity contribution in [3.63, 3.8) is 0 Å². The van der Waals surface area contributed by atoms with Gasteiger partial charge in [-0.2, -0.15) is 0 Å². The van der Waals surface area contributed by atoms with E-state index in [1.54, 1.807) is 6.33 Å². The number of benzene rings is 1. The van der Waals surface area contributed by atoms with Gasteiger partial charge in [-0.15, -0.1) is 0 Å². The molecule has 1 aliphatic rings. The first kappa shape index (κ1) is 13.1. The van der Waals surface area contributed by atoms with Gasteiger partial charge in [0.1, 0.15) is 12.1 Å². The second-order valence-electron chi connectivity index (χ2n) is 5.24. The van der Waals surface area contributed by atoms with Crippen LogP contribution in [0.1, 0.15) is 24.2 Å². The van der Waals surface area contributed by atoms with E-state index in [1.165, 1.54) is 5.56 Å². The molecule has 0 radical (unpaired) electrons. The van der Waals surface area contributed by atoms with Gasteiger partial charge >= 0.3 is 0 Å². The summed E-state index contributed by atoms with van der Waals surface area (Å²) in [6, 6.07) is 12.7. The normalized spacial score (nSPS) is 22.8. The van der Waals surface area contributed by atoms with E-state index in [9.17, 15) is 0 Å². The van der Waals surface area contributed by atoms with Crippen molar-refractivity contribution in [3.05, 3.63) is 54.0 Å². The topological polar surface area (TPSA) is 38.2 Å². The summed E-state index contributed by atoms with van der Waals surface area (Å²) < 4.78 is 5.84. The number of hydrogen-bond donors (Lipinski definition) is 0. The molecule has 1 saturated heterocycles. The number of hydrogen-bond acceptors (Lipinski definition) is 4. The lowest BCUT2D eigenvalue weighted by atomic mass is 10.0. The van der Waals surface area contributed by atoms with Crippen LogP contribution < -0.4 is 4.90 Å². The molecule has 2 heterocycles. The molecule has 4 nitrogen and oxygen atoms in total. The molecule has 2 atom stereocenters. The second kappa shape index (κ2) is 5.59. The van der Waals surface area contributed by atoms with E-state index in [1.807, 2.05) is 19.1 Å². The first-order valence-corrected chi connectivity index (χ1v) is 6.96. The van der Waals surface area contributed by atoms with Crippen LogP contribution in [0.5, 0.6) is 0 Å². The summed E-state index contributed by atoms with van der Waals surface area (Å²) >= 11 is 0. The quantitative estimate of drug-likeness (QED) is 0.840. The summed E-state index contributed by atoms with van der Waals surface area (Å²) in [5.74, 6) is 0.974. The monoisotopic (exact) mass is 269 g/mol. The minimum Gasteiger partial charge on any atom is -0.374 e. The molecule has 1 aliphatic heterocycles. The molecule has 20 heavy (non-hydrogen) atoms. The summed E-state index contributed by atoms with van der Waals surface area (Å²) in [6.45, 7) is 5.62. The van der Waals surface area contributed by atoms with E-state index < -0.39 is 0 Å². The molecule has 0 spiro atoms. The number of aryl methyl sites for hydroxylation is 1. The average Bonchev–Trinajstić information content (AvgIpc) is 2.48. The number of ether oxygens (including phenoxy) is 1. The second-order valence-corrected chi connectivity index (χ2v) is 5.24. The van der Waals surface area contributed by atoms with Crippen LogP contribution in [0.15, 0.2) is 42.7 Å². The van der Waals surface area contributed by atoms with Gasteiger partial charge in [-0.3, -0.25) is 0 Å². The van der Waals surface area contributed by atoms with Gasteiger partial charge in [0.05, 0.1) is 18.8 Å². The van der Waals surface area contributed by atoms with Crippen LogP contribution in [0.3, 0.4) is 0 Å². The van der Waals surface area contributed by atoms with E-state index in [2.05, 4.69) is 46.1 Å². The largest absolute Gasteiger partial charge is 0.374 e. The molecule has 0 bridgehead atoms. The molecule has 2 unspecified atom stereocenters. The third-order valence-corrected chi connectivity index (χ3v) is 3.64. The van der Waals surface area contributed by atoms with Crippen molar-refractivity contribution in [3.8, 4) is 0 Å². The zero-order chi connectivity index (χ0) is 13.9. The highest BCUT2D eigenvalue weighted by molar-refractivity contribution is 5.43. The average molecular weight is 269 g/mol. The van der Waals surface area contributed by atoms with Crippen LogP contribution in [0, 0.1) is 6.92 Å². The van der Waals surface area contributed by atoms with E-state index in [0.717, 1.165) is 18.1 Å². The van der Waals surface area contributed by atoms with Crippen molar-refractivity contribution in [2.24, 2.45) is 0 Å². The molecule has 0 saturated carbocycles. The molecule has 1 aromatic carbocycles. The van der Waals surface area contributed by atoms with E-state index in [0.29, 0.717) is 6.61 Å². The number of rotatable bonds is 2. The molecule has 1 aromatic heterocycles. The molecule has 0 aliphatic carbocycles. The summed E-state index contributed by atoms with van der Waals surface area (Å²) in [5.41, 5.74) is 2.25. The van der Waals surface area contributed by atoms with Crippen LogP contribution >= 0.6 is 0 Å². The van der Waals surface area contributed by atoms with E-state index in [-0.39, 0.29) is 12.1 Å². The Balaban J connectivity index is 1.95. The fourth-order valence-corrected chi connectivity index (χ4v) is 2.60. The molecule has 0 N–H and O–H groups in total. The minimum absolute atomic E-state index is 0.210. The lowest BCUT2D eigenvalue weighted by Crippen LogP contribution is -2.44. The van der Waals surface area contributed by atoms with Gasteiger partial charge in [0, 0.05) is 18.3 Å². The Labute approximate surface area is 119 Å². The fraction of sp³-hybridized carbons (Fsp3) is 0.375. The summed E-state index contributed by atoms with van der Waals surface area (Å²) in [5, 5.41) is 0. The van der Waals surface area contributed by atoms with Crippen molar-refractivity contribution in [2.45, 2.75) is 26.0 Å². The maximum atomic E-state index is 5.84. The smallest absolute Gasteiger partial charge is 0.132 e. The van der Waals surface area contributed by atoms with Crippen molar-refractivity contribution >= 4 is 5.82 Å². The van der Waals surface area contributed by atoms with Gasteiger partial charge in [-0.05, 0) is 19.4 Å². The van der Waals surface area contributed by atoms with Gasteiger partial charge < -0.3 is 9.64 Å². The summed E-state index contributed by atoms with van der Waals surface area (Å²) in [4.78, 5) is 10.9. The zero-order valence-corrected chi connectivity index (χ0v) is 11.9. The van der Waals surface area contributed by atoms with Crippen LogP contribution in [-0.4, -0.2) is 29.2 Å². The van der Waals surface area contributed by atoms with E-state index in [4.69, 9.17) is 4.74 Å². The molecule has 0 amide bonds. The van der Waals surface area contributed by atoms with Crippen molar-refractivity contribution in [2.75, 3.05) is 18.1 Å². The lowest BCUT2D eigenvalue weighted by molar-refractivity contribution is 0.0300. The predicted molar refractivity (Wildman–Crippen MR) is 78.7 cm³/mol. The Hall–Kier alpha value is -1.94. The molecule has 4 heteroatoms. The van der Waals surface area contributed by atoms with Gasteiger partial charge in [0.25, 0.3) is 0 Å². The highest BCUT2D eigenvalue weighted by Gasteiger charge is 2.29. The van der Waals surface area contributed by atoms with Crippen LogP contribution in [0.2, 0.25) is 0 Å². The van der Waals surface area contributed by atoms with Gasteiger partial charge in [0.2, 0.25) is 0 Å². The Morgan fingerprint density at radius 1 is 1.20 bits per heavy atom. The molecular weight excluding hydrogens is 250 g/mol. The number of morpholine rings is 1. The SMILES string of the molecule is Cc1cc(N2CC(C)OCC2c2ccccc2)ncn1. The molecule has 104 valence electrons. The minimum atomic E-state index is 0.210. The van der Waals surface area contributed by atoms with Gasteiger partial charge in [-0.25, -0.2) is 9.97 Å². The molecular formula is C16H19N3O. The summed E-state index contributed by atoms with van der Waals surface area (Å²) in [7, 11) is 0. The lowest BCUT2D eigenvalue weighted by Gasteiger charge is -2.39. The highest BCUT2D eigenvalue weighted by Crippen LogP contribution is 2.30. The Bertz CT molecular complexity index is 573. The van der Waals surface area contributed by atoms with Gasteiger partial charge in [-0.1, -0.05) is 30.3 Å². The zero-order valence-electron chi connectivity index (χ0n) is 11.9. The van der Waals surface area contributed by atoms with Crippen molar-refractivity contribution in [1.82, 2.24) is 9.97 Å². The molecule has 3 rings (SSSR count). The first-order valence-electron chi connectivity index (χ1n) is 6.96. The van der Waals surface area contributed by atoms with Crippen LogP contribution in [0.4, 0.5) is 5.82 Å². The first-order chi connectivity index (χ1) is 9.74. The number of aromatic nitrogens is 2.